The quantitative estimate of drug-likeness (QED) is 0.347. The summed E-state index contributed by atoms with van der Waals surface area (Å²) < 4.78 is 0. The third-order valence-electron chi connectivity index (χ3n) is 3.95. The normalized spacial score (nSPS) is 10.7. The van der Waals surface area contributed by atoms with Crippen LogP contribution in [0.4, 0.5) is 0 Å². The van der Waals surface area contributed by atoms with E-state index in [9.17, 15) is 4.79 Å². The maximum atomic E-state index is 11.4. The van der Waals surface area contributed by atoms with Crippen LogP contribution in [0, 0.1) is 13.8 Å². The Labute approximate surface area is 165 Å². The first-order valence-corrected chi connectivity index (χ1v) is 8.98. The second kappa shape index (κ2) is 7.67. The van der Waals surface area contributed by atoms with Gasteiger partial charge in [0.25, 0.3) is 5.56 Å². The van der Waals surface area contributed by atoms with E-state index < -0.39 is 0 Å². The SMILES string of the molecule is Cc1ccc2c(Cl)c[nH]c(=O)c2c1.Cc1ccc2c(Cl)cnc(Cl)c2c1. The topological polar surface area (TPSA) is 45.8 Å². The van der Waals surface area contributed by atoms with Crippen molar-refractivity contribution in [3.8, 4) is 0 Å². The van der Waals surface area contributed by atoms with Crippen LogP contribution in [0.25, 0.3) is 21.5 Å². The number of aryl methyl sites for hydroxylation is 2. The van der Waals surface area contributed by atoms with Crippen molar-refractivity contribution >= 4 is 56.3 Å². The van der Waals surface area contributed by atoms with Gasteiger partial charge in [0.2, 0.25) is 0 Å². The number of fused-ring (bicyclic) bond motifs is 2. The molecular formula is C20H15Cl3N2O. The van der Waals surface area contributed by atoms with Gasteiger partial charge in [-0.15, -0.1) is 0 Å². The van der Waals surface area contributed by atoms with E-state index in [1.807, 2.05) is 50.2 Å². The predicted molar refractivity (Wildman–Crippen MR) is 111 cm³/mol. The third-order valence-corrected chi connectivity index (χ3v) is 4.87. The molecule has 2 heterocycles. The first-order valence-electron chi connectivity index (χ1n) is 7.84. The molecule has 132 valence electrons. The van der Waals surface area contributed by atoms with Gasteiger partial charge >= 0.3 is 0 Å². The van der Waals surface area contributed by atoms with Gasteiger partial charge in [0.15, 0.2) is 0 Å². The lowest BCUT2D eigenvalue weighted by molar-refractivity contribution is 1.27. The van der Waals surface area contributed by atoms with Gasteiger partial charge in [-0.3, -0.25) is 4.79 Å². The third kappa shape index (κ3) is 3.85. The van der Waals surface area contributed by atoms with Gasteiger partial charge in [-0.1, -0.05) is 70.2 Å². The monoisotopic (exact) mass is 404 g/mol. The molecule has 0 atom stereocenters. The lowest BCUT2D eigenvalue weighted by atomic mass is 10.1. The average Bonchev–Trinajstić information content (AvgIpc) is 2.62. The lowest BCUT2D eigenvalue weighted by Gasteiger charge is -2.02. The van der Waals surface area contributed by atoms with Crippen LogP contribution in [0.15, 0.2) is 53.6 Å². The molecule has 3 nitrogen and oxygen atoms in total. The van der Waals surface area contributed by atoms with E-state index in [4.69, 9.17) is 34.8 Å². The molecule has 0 saturated carbocycles. The molecule has 1 N–H and O–H groups in total. The Kier molecular flexibility index (Phi) is 5.52. The van der Waals surface area contributed by atoms with E-state index in [1.165, 1.54) is 6.20 Å². The molecule has 0 radical (unpaired) electrons. The Morgan fingerprint density at radius 1 is 0.808 bits per heavy atom. The van der Waals surface area contributed by atoms with Crippen molar-refractivity contribution in [2.45, 2.75) is 13.8 Å². The highest BCUT2D eigenvalue weighted by Crippen LogP contribution is 2.28. The Balaban J connectivity index is 0.000000151. The first-order chi connectivity index (χ1) is 12.4. The fourth-order valence-corrected chi connectivity index (χ4v) is 3.27. The minimum atomic E-state index is -0.0944. The number of aromatic amines is 1. The Morgan fingerprint density at radius 3 is 2.04 bits per heavy atom. The number of benzene rings is 2. The van der Waals surface area contributed by atoms with Gasteiger partial charge in [-0.05, 0) is 26.0 Å². The van der Waals surface area contributed by atoms with Crippen molar-refractivity contribution in [1.82, 2.24) is 9.97 Å². The Morgan fingerprint density at radius 2 is 1.38 bits per heavy atom. The van der Waals surface area contributed by atoms with E-state index in [-0.39, 0.29) is 5.56 Å². The van der Waals surface area contributed by atoms with Gasteiger partial charge in [0.1, 0.15) is 5.15 Å². The molecular weight excluding hydrogens is 391 g/mol. The molecule has 0 spiro atoms. The highest BCUT2D eigenvalue weighted by Gasteiger charge is 2.04. The van der Waals surface area contributed by atoms with Crippen LogP contribution >= 0.6 is 34.8 Å². The summed E-state index contributed by atoms with van der Waals surface area (Å²) in [7, 11) is 0. The van der Waals surface area contributed by atoms with Crippen molar-refractivity contribution in [2.24, 2.45) is 0 Å². The number of halogens is 3. The largest absolute Gasteiger partial charge is 0.327 e. The minimum Gasteiger partial charge on any atom is -0.327 e. The summed E-state index contributed by atoms with van der Waals surface area (Å²) >= 11 is 17.8. The molecule has 0 unspecified atom stereocenters. The van der Waals surface area contributed by atoms with Crippen molar-refractivity contribution in [2.75, 3.05) is 0 Å². The van der Waals surface area contributed by atoms with Crippen LogP contribution in [0.2, 0.25) is 15.2 Å². The summed E-state index contributed by atoms with van der Waals surface area (Å²) in [5.41, 5.74) is 2.11. The second-order valence-electron chi connectivity index (χ2n) is 5.96. The standard InChI is InChI=1S/C10H7Cl2N.C10H8ClNO/c1-6-2-3-7-8(4-6)10(12)13-5-9(7)11;1-6-2-3-7-8(4-6)10(13)12-5-9(7)11/h2-5H,1H3;2-5H,1H3,(H,12,13). The molecule has 0 bridgehead atoms. The van der Waals surface area contributed by atoms with Crippen LogP contribution in [-0.2, 0) is 0 Å². The van der Waals surface area contributed by atoms with Gasteiger partial charge < -0.3 is 4.98 Å². The average molecular weight is 406 g/mol. The van der Waals surface area contributed by atoms with Crippen LogP contribution in [0.3, 0.4) is 0 Å². The Hall–Kier alpha value is -2.07. The fraction of sp³-hybridized carbons (Fsp3) is 0.100. The van der Waals surface area contributed by atoms with Gasteiger partial charge in [-0.2, -0.15) is 0 Å². The first kappa shape index (κ1) is 18.7. The molecule has 4 aromatic rings. The van der Waals surface area contributed by atoms with E-state index in [2.05, 4.69) is 9.97 Å². The zero-order valence-corrected chi connectivity index (χ0v) is 16.4. The fourth-order valence-electron chi connectivity index (χ4n) is 2.63. The van der Waals surface area contributed by atoms with Crippen molar-refractivity contribution in [3.05, 3.63) is 85.5 Å². The minimum absolute atomic E-state index is 0.0944. The maximum absolute atomic E-state index is 11.4. The molecule has 6 heteroatoms. The molecule has 4 rings (SSSR count). The number of nitrogens with one attached hydrogen (secondary N) is 1. The van der Waals surface area contributed by atoms with E-state index in [0.717, 1.165) is 27.3 Å². The number of nitrogens with zero attached hydrogens (tertiary/aromatic N) is 1. The molecule has 26 heavy (non-hydrogen) atoms. The number of hydrogen-bond acceptors (Lipinski definition) is 2. The molecule has 0 aliphatic carbocycles. The molecule has 0 saturated heterocycles. The van der Waals surface area contributed by atoms with Gasteiger partial charge in [0, 0.05) is 33.9 Å². The zero-order valence-electron chi connectivity index (χ0n) is 14.1. The highest BCUT2D eigenvalue weighted by atomic mass is 35.5. The number of rotatable bonds is 0. The summed E-state index contributed by atoms with van der Waals surface area (Å²) in [4.78, 5) is 17.9. The lowest BCUT2D eigenvalue weighted by Crippen LogP contribution is -2.04. The maximum Gasteiger partial charge on any atom is 0.255 e. The summed E-state index contributed by atoms with van der Waals surface area (Å²) in [6.45, 7) is 3.95. The van der Waals surface area contributed by atoms with Crippen LogP contribution in [-0.4, -0.2) is 9.97 Å². The van der Waals surface area contributed by atoms with Gasteiger partial charge in [-0.25, -0.2) is 4.98 Å². The number of hydrogen-bond donors (Lipinski definition) is 1. The summed E-state index contributed by atoms with van der Waals surface area (Å²) in [5, 5.41) is 5.03. The number of aromatic nitrogens is 2. The predicted octanol–water partition coefficient (Wildman–Crippen LogP) is 6.34. The Bertz CT molecular complexity index is 1170. The molecule has 2 aromatic carbocycles. The van der Waals surface area contributed by atoms with E-state index in [0.29, 0.717) is 20.6 Å². The number of H-pyrrole nitrogens is 1. The van der Waals surface area contributed by atoms with E-state index >= 15 is 0 Å². The van der Waals surface area contributed by atoms with Crippen LogP contribution in [0.5, 0.6) is 0 Å². The zero-order chi connectivity index (χ0) is 18.8. The molecule has 2 aromatic heterocycles. The van der Waals surface area contributed by atoms with Crippen molar-refractivity contribution < 1.29 is 0 Å². The molecule has 0 fully saturated rings. The van der Waals surface area contributed by atoms with Crippen molar-refractivity contribution in [1.29, 1.82) is 0 Å². The van der Waals surface area contributed by atoms with Gasteiger partial charge in [0.05, 0.1) is 10.0 Å². The van der Waals surface area contributed by atoms with Crippen molar-refractivity contribution in [3.63, 3.8) is 0 Å². The second-order valence-corrected chi connectivity index (χ2v) is 7.13. The van der Waals surface area contributed by atoms with E-state index in [1.54, 1.807) is 6.20 Å². The summed E-state index contributed by atoms with van der Waals surface area (Å²) in [5.74, 6) is 0. The molecule has 0 amide bonds. The summed E-state index contributed by atoms with van der Waals surface area (Å²) in [6.07, 6.45) is 3.09. The smallest absolute Gasteiger partial charge is 0.255 e. The van der Waals surface area contributed by atoms with Crippen LogP contribution < -0.4 is 5.56 Å². The van der Waals surface area contributed by atoms with Crippen LogP contribution in [0.1, 0.15) is 11.1 Å². The summed E-state index contributed by atoms with van der Waals surface area (Å²) in [6, 6.07) is 11.6. The number of pyridine rings is 2. The molecule has 0 aliphatic rings. The molecule has 0 aliphatic heterocycles. The highest BCUT2D eigenvalue weighted by molar-refractivity contribution is 6.39.